The van der Waals surface area contributed by atoms with Crippen LogP contribution in [-0.4, -0.2) is 45.4 Å². The highest BCUT2D eigenvalue weighted by molar-refractivity contribution is 7.89. The summed E-state index contributed by atoms with van der Waals surface area (Å²) in [6.45, 7) is 3.09. The number of sulfonamides is 1. The maximum atomic E-state index is 13.2. The van der Waals surface area contributed by atoms with Crippen molar-refractivity contribution in [3.63, 3.8) is 0 Å². The van der Waals surface area contributed by atoms with E-state index in [0.717, 1.165) is 11.3 Å². The molecule has 2 aromatic carbocycles. The molecule has 0 bridgehead atoms. The predicted molar refractivity (Wildman–Crippen MR) is 119 cm³/mol. The lowest BCUT2D eigenvalue weighted by Gasteiger charge is -2.31. The number of benzene rings is 2. The summed E-state index contributed by atoms with van der Waals surface area (Å²) in [5.74, 6) is 0.753. The quantitative estimate of drug-likeness (QED) is 0.644. The van der Waals surface area contributed by atoms with E-state index in [-0.39, 0.29) is 35.6 Å². The van der Waals surface area contributed by atoms with Gasteiger partial charge >= 0.3 is 0 Å². The summed E-state index contributed by atoms with van der Waals surface area (Å²) < 4.78 is 38.3. The Morgan fingerprint density at radius 2 is 1.84 bits per heavy atom. The zero-order valence-corrected chi connectivity index (χ0v) is 19.2. The molecule has 0 aromatic heterocycles. The highest BCUT2D eigenvalue weighted by Gasteiger charge is 2.33. The Morgan fingerprint density at radius 3 is 2.45 bits per heavy atom. The van der Waals surface area contributed by atoms with Crippen LogP contribution in [0, 0.1) is 5.92 Å². The second-order valence-electron chi connectivity index (χ2n) is 7.27. The van der Waals surface area contributed by atoms with Gasteiger partial charge in [0.2, 0.25) is 15.9 Å². The van der Waals surface area contributed by atoms with Gasteiger partial charge in [-0.2, -0.15) is 4.31 Å². The lowest BCUT2D eigenvalue weighted by atomic mass is 9.97. The normalized spacial score (nSPS) is 15.5. The minimum absolute atomic E-state index is 0.0595. The van der Waals surface area contributed by atoms with Crippen LogP contribution in [0.15, 0.2) is 47.4 Å². The van der Waals surface area contributed by atoms with Crippen molar-refractivity contribution in [2.45, 2.75) is 31.2 Å². The number of amides is 1. The van der Waals surface area contributed by atoms with Gasteiger partial charge in [-0.05, 0) is 55.7 Å². The Kier molecular flexibility index (Phi) is 7.80. The molecule has 1 aliphatic heterocycles. The van der Waals surface area contributed by atoms with E-state index in [9.17, 15) is 13.2 Å². The van der Waals surface area contributed by atoms with Crippen LogP contribution in [0.25, 0.3) is 0 Å². The average Bonchev–Trinajstić information content (AvgIpc) is 2.79. The second-order valence-corrected chi connectivity index (χ2v) is 9.61. The van der Waals surface area contributed by atoms with Gasteiger partial charge in [-0.1, -0.05) is 23.7 Å². The Hall–Kier alpha value is -2.29. The van der Waals surface area contributed by atoms with Crippen LogP contribution in [0.3, 0.4) is 0 Å². The fraction of sp³-hybridized carbons (Fsp3) is 0.409. The van der Waals surface area contributed by atoms with Crippen LogP contribution < -0.4 is 14.8 Å². The van der Waals surface area contributed by atoms with Gasteiger partial charge in [0.15, 0.2) is 0 Å². The molecule has 168 valence electrons. The molecule has 1 N–H and O–H groups in total. The molecule has 3 rings (SSSR count). The lowest BCUT2D eigenvalue weighted by Crippen LogP contribution is -2.42. The summed E-state index contributed by atoms with van der Waals surface area (Å²) in [4.78, 5) is 12.6. The van der Waals surface area contributed by atoms with Gasteiger partial charge < -0.3 is 14.8 Å². The number of halogens is 1. The SMILES string of the molecule is CCOc1ccc(Cl)cc1S(=O)(=O)N1CCC(C(=O)NCc2ccc(OC)cc2)CC1. The largest absolute Gasteiger partial charge is 0.497 e. The van der Waals surface area contributed by atoms with Gasteiger partial charge in [-0.3, -0.25) is 4.79 Å². The fourth-order valence-corrected chi connectivity index (χ4v) is 5.40. The number of piperidine rings is 1. The van der Waals surface area contributed by atoms with Gasteiger partial charge in [0.1, 0.15) is 16.4 Å². The Bertz CT molecular complexity index is 1000. The smallest absolute Gasteiger partial charge is 0.246 e. The molecule has 0 spiro atoms. The van der Waals surface area contributed by atoms with Crippen LogP contribution in [0.2, 0.25) is 5.02 Å². The topological polar surface area (TPSA) is 84.9 Å². The summed E-state index contributed by atoms with van der Waals surface area (Å²) in [5.41, 5.74) is 0.971. The molecule has 0 unspecified atom stereocenters. The van der Waals surface area contributed by atoms with Crippen LogP contribution in [0.4, 0.5) is 0 Å². The van der Waals surface area contributed by atoms with E-state index >= 15 is 0 Å². The number of ether oxygens (including phenoxy) is 2. The van der Waals surface area contributed by atoms with Gasteiger partial charge in [-0.15, -0.1) is 0 Å². The molecule has 1 fully saturated rings. The maximum Gasteiger partial charge on any atom is 0.246 e. The lowest BCUT2D eigenvalue weighted by molar-refractivity contribution is -0.126. The Morgan fingerprint density at radius 1 is 1.16 bits per heavy atom. The van der Waals surface area contributed by atoms with Crippen molar-refractivity contribution >= 4 is 27.5 Å². The molecule has 1 aliphatic rings. The van der Waals surface area contributed by atoms with Gasteiger partial charge in [0.05, 0.1) is 13.7 Å². The standard InChI is InChI=1S/C22H27ClN2O5S/c1-3-30-20-9-6-18(23)14-21(20)31(27,28)25-12-10-17(11-13-25)22(26)24-15-16-4-7-19(29-2)8-5-16/h4-9,14,17H,3,10-13,15H2,1-2H3,(H,24,26). The monoisotopic (exact) mass is 466 g/mol. The van der Waals surface area contributed by atoms with Crippen LogP contribution >= 0.6 is 11.6 Å². The molecular formula is C22H27ClN2O5S. The van der Waals surface area contributed by atoms with E-state index in [0.29, 0.717) is 31.0 Å². The maximum absolute atomic E-state index is 13.2. The van der Waals surface area contributed by atoms with Crippen molar-refractivity contribution in [3.8, 4) is 11.5 Å². The Balaban J connectivity index is 1.59. The third-order valence-electron chi connectivity index (χ3n) is 5.27. The average molecular weight is 467 g/mol. The zero-order chi connectivity index (χ0) is 22.4. The summed E-state index contributed by atoms with van der Waals surface area (Å²) in [6, 6.07) is 12.1. The molecule has 1 amide bonds. The molecule has 0 radical (unpaired) electrons. The van der Waals surface area contributed by atoms with Crippen molar-refractivity contribution in [3.05, 3.63) is 53.1 Å². The molecule has 1 saturated heterocycles. The van der Waals surface area contributed by atoms with Crippen molar-refractivity contribution in [1.82, 2.24) is 9.62 Å². The minimum Gasteiger partial charge on any atom is -0.497 e. The van der Waals surface area contributed by atoms with E-state index in [1.165, 1.54) is 10.4 Å². The Labute approximate surface area is 188 Å². The van der Waals surface area contributed by atoms with E-state index < -0.39 is 10.0 Å². The third kappa shape index (κ3) is 5.70. The third-order valence-corrected chi connectivity index (χ3v) is 7.43. The second kappa shape index (κ2) is 10.3. The van der Waals surface area contributed by atoms with Crippen molar-refractivity contribution in [1.29, 1.82) is 0 Å². The number of rotatable bonds is 8. The summed E-state index contributed by atoms with van der Waals surface area (Å²) in [5, 5.41) is 3.27. The first-order chi connectivity index (χ1) is 14.8. The molecule has 0 saturated carbocycles. The molecule has 0 aliphatic carbocycles. The minimum atomic E-state index is -3.77. The first kappa shape index (κ1) is 23.4. The van der Waals surface area contributed by atoms with E-state index in [1.54, 1.807) is 26.2 Å². The van der Waals surface area contributed by atoms with Crippen LogP contribution in [0.5, 0.6) is 11.5 Å². The van der Waals surface area contributed by atoms with E-state index in [1.807, 2.05) is 24.3 Å². The molecule has 31 heavy (non-hydrogen) atoms. The van der Waals surface area contributed by atoms with Crippen molar-refractivity contribution in [2.75, 3.05) is 26.8 Å². The molecule has 7 nitrogen and oxygen atoms in total. The highest BCUT2D eigenvalue weighted by Crippen LogP contribution is 2.32. The first-order valence-corrected chi connectivity index (χ1v) is 12.0. The predicted octanol–water partition coefficient (Wildman–Crippen LogP) is 3.46. The molecule has 9 heteroatoms. The van der Waals surface area contributed by atoms with Crippen LogP contribution in [0.1, 0.15) is 25.3 Å². The number of hydrogen-bond acceptors (Lipinski definition) is 5. The van der Waals surface area contributed by atoms with Gasteiger partial charge in [0.25, 0.3) is 0 Å². The molecule has 0 atom stereocenters. The number of nitrogens with one attached hydrogen (secondary N) is 1. The number of nitrogens with zero attached hydrogens (tertiary/aromatic N) is 1. The van der Waals surface area contributed by atoms with Gasteiger partial charge in [0, 0.05) is 30.6 Å². The zero-order valence-electron chi connectivity index (χ0n) is 17.6. The van der Waals surface area contributed by atoms with E-state index in [2.05, 4.69) is 5.32 Å². The number of methoxy groups -OCH3 is 1. The van der Waals surface area contributed by atoms with E-state index in [4.69, 9.17) is 21.1 Å². The summed E-state index contributed by atoms with van der Waals surface area (Å²) in [7, 11) is -2.16. The first-order valence-electron chi connectivity index (χ1n) is 10.2. The van der Waals surface area contributed by atoms with Gasteiger partial charge in [-0.25, -0.2) is 8.42 Å². The molecular weight excluding hydrogens is 440 g/mol. The van der Waals surface area contributed by atoms with Crippen molar-refractivity contribution in [2.24, 2.45) is 5.92 Å². The number of carbonyl (C=O) groups is 1. The summed E-state index contributed by atoms with van der Waals surface area (Å²) >= 11 is 6.03. The summed E-state index contributed by atoms with van der Waals surface area (Å²) in [6.07, 6.45) is 0.913. The van der Waals surface area contributed by atoms with Crippen LogP contribution in [-0.2, 0) is 21.4 Å². The number of carbonyl (C=O) groups excluding carboxylic acids is 1. The highest BCUT2D eigenvalue weighted by atomic mass is 35.5. The van der Waals surface area contributed by atoms with Crippen molar-refractivity contribution < 1.29 is 22.7 Å². The number of hydrogen-bond donors (Lipinski definition) is 1. The molecule has 2 aromatic rings. The molecule has 1 heterocycles. The fourth-order valence-electron chi connectivity index (χ4n) is 3.53.